The van der Waals surface area contributed by atoms with Gasteiger partial charge in [0.2, 0.25) is 5.91 Å². The molecule has 0 fully saturated rings. The monoisotopic (exact) mass is 327 g/mol. The van der Waals surface area contributed by atoms with Gasteiger partial charge in [0.05, 0.1) is 6.42 Å². The minimum Gasteiger partial charge on any atom is -0.491 e. The number of aliphatic hydroxyl groups excluding tert-OH is 1. The molecule has 0 radical (unpaired) electrons. The van der Waals surface area contributed by atoms with Crippen molar-refractivity contribution in [1.82, 2.24) is 5.32 Å². The van der Waals surface area contributed by atoms with Gasteiger partial charge < -0.3 is 15.2 Å². The van der Waals surface area contributed by atoms with Crippen molar-refractivity contribution in [3.8, 4) is 5.75 Å². The lowest BCUT2D eigenvalue weighted by Gasteiger charge is -2.14. The van der Waals surface area contributed by atoms with E-state index >= 15 is 0 Å². The molecule has 24 heavy (non-hydrogen) atoms. The number of carbonyl (C=O) groups is 1. The number of amides is 1. The third kappa shape index (κ3) is 5.70. The first-order valence-electron chi connectivity index (χ1n) is 8.14. The van der Waals surface area contributed by atoms with Crippen molar-refractivity contribution in [2.45, 2.75) is 33.3 Å². The topological polar surface area (TPSA) is 58.6 Å². The number of aliphatic hydroxyl groups is 1. The zero-order chi connectivity index (χ0) is 17.5. The average Bonchev–Trinajstić information content (AvgIpc) is 2.54. The van der Waals surface area contributed by atoms with Crippen LogP contribution >= 0.6 is 0 Å². The maximum Gasteiger partial charge on any atom is 0.224 e. The standard InChI is InChI=1S/C20H25NO3/c1-14-5-4-6-19(10-14)24-13-18(22)12-21-20(23)11-17-9-15(2)7-8-16(17)3/h4-10,18,22H,11-13H2,1-3H3,(H,21,23). The smallest absolute Gasteiger partial charge is 0.224 e. The normalized spacial score (nSPS) is 11.8. The quantitative estimate of drug-likeness (QED) is 0.822. The Hall–Kier alpha value is -2.33. The highest BCUT2D eigenvalue weighted by Gasteiger charge is 2.10. The Balaban J connectivity index is 1.75. The summed E-state index contributed by atoms with van der Waals surface area (Å²) >= 11 is 0. The molecule has 0 saturated heterocycles. The van der Waals surface area contributed by atoms with Gasteiger partial charge in [0.25, 0.3) is 0 Å². The largest absolute Gasteiger partial charge is 0.491 e. The third-order valence-electron chi connectivity index (χ3n) is 3.82. The molecule has 1 atom stereocenters. The molecule has 1 unspecified atom stereocenters. The zero-order valence-corrected chi connectivity index (χ0v) is 14.5. The van der Waals surface area contributed by atoms with E-state index in [1.165, 1.54) is 0 Å². The van der Waals surface area contributed by atoms with Crippen LogP contribution in [0, 0.1) is 20.8 Å². The minimum absolute atomic E-state index is 0.0988. The average molecular weight is 327 g/mol. The SMILES string of the molecule is Cc1cccc(OCC(O)CNC(=O)Cc2cc(C)ccc2C)c1. The number of aryl methyl sites for hydroxylation is 3. The molecule has 0 aliphatic rings. The van der Waals surface area contributed by atoms with Crippen LogP contribution in [0.1, 0.15) is 22.3 Å². The van der Waals surface area contributed by atoms with Crippen LogP contribution in [0.3, 0.4) is 0 Å². The molecule has 128 valence electrons. The maximum absolute atomic E-state index is 12.0. The summed E-state index contributed by atoms with van der Waals surface area (Å²) in [6, 6.07) is 13.7. The summed E-state index contributed by atoms with van der Waals surface area (Å²) in [5, 5.41) is 12.7. The molecule has 2 aromatic carbocycles. The molecule has 0 saturated carbocycles. The van der Waals surface area contributed by atoms with Crippen LogP contribution < -0.4 is 10.1 Å². The predicted octanol–water partition coefficient (Wildman–Crippen LogP) is 2.71. The third-order valence-corrected chi connectivity index (χ3v) is 3.82. The summed E-state index contributed by atoms with van der Waals surface area (Å²) in [6.45, 7) is 6.30. The fourth-order valence-electron chi connectivity index (χ4n) is 2.41. The van der Waals surface area contributed by atoms with Crippen LogP contribution in [0.5, 0.6) is 5.75 Å². The van der Waals surface area contributed by atoms with Gasteiger partial charge in [-0.3, -0.25) is 4.79 Å². The van der Waals surface area contributed by atoms with Crippen LogP contribution in [0.4, 0.5) is 0 Å². The van der Waals surface area contributed by atoms with E-state index in [4.69, 9.17) is 4.74 Å². The molecule has 4 heteroatoms. The Morgan fingerprint density at radius 2 is 1.88 bits per heavy atom. The second-order valence-electron chi connectivity index (χ2n) is 6.19. The highest BCUT2D eigenvalue weighted by molar-refractivity contribution is 5.79. The summed E-state index contributed by atoms with van der Waals surface area (Å²) in [5.74, 6) is 0.620. The molecular weight excluding hydrogens is 302 g/mol. The summed E-state index contributed by atoms with van der Waals surface area (Å²) in [6.07, 6.45) is -0.424. The summed E-state index contributed by atoms with van der Waals surface area (Å²) in [7, 11) is 0. The van der Waals surface area contributed by atoms with Gasteiger partial charge in [-0.1, -0.05) is 35.9 Å². The van der Waals surface area contributed by atoms with Crippen molar-refractivity contribution >= 4 is 5.91 Å². The van der Waals surface area contributed by atoms with Crippen LogP contribution in [0.25, 0.3) is 0 Å². The highest BCUT2D eigenvalue weighted by atomic mass is 16.5. The first-order chi connectivity index (χ1) is 11.4. The Morgan fingerprint density at radius 3 is 2.62 bits per heavy atom. The van der Waals surface area contributed by atoms with E-state index in [1.807, 2.05) is 63.2 Å². The lowest BCUT2D eigenvalue weighted by Crippen LogP contribution is -2.36. The first-order valence-corrected chi connectivity index (χ1v) is 8.14. The van der Waals surface area contributed by atoms with Gasteiger partial charge in [0.15, 0.2) is 0 Å². The van der Waals surface area contributed by atoms with Crippen molar-refractivity contribution < 1.29 is 14.6 Å². The molecule has 2 N–H and O–H groups in total. The van der Waals surface area contributed by atoms with E-state index in [0.29, 0.717) is 6.42 Å². The van der Waals surface area contributed by atoms with E-state index < -0.39 is 6.10 Å². The van der Waals surface area contributed by atoms with Gasteiger partial charge in [-0.2, -0.15) is 0 Å². The van der Waals surface area contributed by atoms with Crippen molar-refractivity contribution in [3.05, 3.63) is 64.7 Å². The molecule has 2 aromatic rings. The number of rotatable bonds is 7. The Bertz CT molecular complexity index is 697. The number of hydrogen-bond acceptors (Lipinski definition) is 3. The molecule has 0 heterocycles. The highest BCUT2D eigenvalue weighted by Crippen LogP contribution is 2.13. The number of benzene rings is 2. The van der Waals surface area contributed by atoms with Crippen molar-refractivity contribution in [2.24, 2.45) is 0 Å². The van der Waals surface area contributed by atoms with E-state index in [0.717, 1.165) is 28.0 Å². The molecular formula is C20H25NO3. The fourth-order valence-corrected chi connectivity index (χ4v) is 2.41. The number of nitrogens with one attached hydrogen (secondary N) is 1. The number of hydrogen-bond donors (Lipinski definition) is 2. The predicted molar refractivity (Wildman–Crippen MR) is 95.3 cm³/mol. The van der Waals surface area contributed by atoms with Gasteiger partial charge in [-0.05, 0) is 49.6 Å². The first kappa shape index (κ1) is 18.0. The molecule has 2 rings (SSSR count). The lowest BCUT2D eigenvalue weighted by atomic mass is 10.0. The van der Waals surface area contributed by atoms with Crippen molar-refractivity contribution in [3.63, 3.8) is 0 Å². The van der Waals surface area contributed by atoms with Crippen molar-refractivity contribution in [1.29, 1.82) is 0 Å². The molecule has 0 aliphatic heterocycles. The summed E-state index contributed by atoms with van der Waals surface area (Å²) in [5.41, 5.74) is 4.34. The molecule has 0 spiro atoms. The van der Waals surface area contributed by atoms with E-state index in [9.17, 15) is 9.90 Å². The Morgan fingerprint density at radius 1 is 1.12 bits per heavy atom. The zero-order valence-electron chi connectivity index (χ0n) is 14.5. The fraction of sp³-hybridized carbons (Fsp3) is 0.350. The summed E-state index contributed by atoms with van der Waals surface area (Å²) < 4.78 is 5.53. The van der Waals surface area contributed by atoms with Gasteiger partial charge >= 0.3 is 0 Å². The number of carbonyl (C=O) groups excluding carboxylic acids is 1. The summed E-state index contributed by atoms with van der Waals surface area (Å²) in [4.78, 5) is 12.0. The van der Waals surface area contributed by atoms with Crippen LogP contribution in [-0.4, -0.2) is 30.3 Å². The molecule has 0 aliphatic carbocycles. The lowest BCUT2D eigenvalue weighted by molar-refractivity contribution is -0.121. The number of ether oxygens (including phenoxy) is 1. The molecule has 1 amide bonds. The molecule has 0 bridgehead atoms. The Kier molecular flexibility index (Phi) is 6.38. The van der Waals surface area contributed by atoms with Gasteiger partial charge in [0, 0.05) is 6.54 Å². The van der Waals surface area contributed by atoms with E-state index in [-0.39, 0.29) is 19.1 Å². The van der Waals surface area contributed by atoms with E-state index in [1.54, 1.807) is 0 Å². The second kappa shape index (κ2) is 8.50. The van der Waals surface area contributed by atoms with Gasteiger partial charge in [-0.25, -0.2) is 0 Å². The maximum atomic E-state index is 12.0. The molecule has 4 nitrogen and oxygen atoms in total. The minimum atomic E-state index is -0.743. The van der Waals surface area contributed by atoms with Crippen LogP contribution in [0.2, 0.25) is 0 Å². The molecule has 0 aromatic heterocycles. The second-order valence-corrected chi connectivity index (χ2v) is 6.19. The van der Waals surface area contributed by atoms with Gasteiger partial charge in [-0.15, -0.1) is 0 Å². The van der Waals surface area contributed by atoms with Gasteiger partial charge in [0.1, 0.15) is 18.5 Å². The van der Waals surface area contributed by atoms with Crippen LogP contribution in [-0.2, 0) is 11.2 Å². The van der Waals surface area contributed by atoms with E-state index in [2.05, 4.69) is 5.32 Å². The Labute approximate surface area is 143 Å². The van der Waals surface area contributed by atoms with Crippen LogP contribution in [0.15, 0.2) is 42.5 Å². The van der Waals surface area contributed by atoms with Crippen molar-refractivity contribution in [2.75, 3.05) is 13.2 Å².